The van der Waals surface area contributed by atoms with Crippen molar-refractivity contribution in [3.63, 3.8) is 0 Å². The van der Waals surface area contributed by atoms with Crippen molar-refractivity contribution < 1.29 is 9.53 Å². The van der Waals surface area contributed by atoms with E-state index < -0.39 is 0 Å². The molecule has 0 unspecified atom stereocenters. The van der Waals surface area contributed by atoms with Crippen LogP contribution in [-0.4, -0.2) is 61.1 Å². The number of nitrogens with zero attached hydrogens (tertiary/aromatic N) is 3. The molecule has 2 heterocycles. The van der Waals surface area contributed by atoms with Gasteiger partial charge < -0.3 is 14.5 Å². The van der Waals surface area contributed by atoms with Gasteiger partial charge in [0.25, 0.3) is 5.91 Å². The number of benzene rings is 1. The predicted molar refractivity (Wildman–Crippen MR) is 106 cm³/mol. The fourth-order valence-corrected chi connectivity index (χ4v) is 3.60. The Kier molecular flexibility index (Phi) is 5.56. The molecule has 1 amide bonds. The van der Waals surface area contributed by atoms with Crippen molar-refractivity contribution in [3.8, 4) is 5.75 Å². The molecule has 0 saturated carbocycles. The predicted octanol–water partition coefficient (Wildman–Crippen LogP) is 3.08. The third-order valence-electron chi connectivity index (χ3n) is 5.43. The first-order valence-corrected chi connectivity index (χ1v) is 9.65. The molecule has 5 nitrogen and oxygen atoms in total. The highest BCUT2D eigenvalue weighted by atomic mass is 16.5. The molecule has 2 aliphatic rings. The van der Waals surface area contributed by atoms with Crippen LogP contribution in [0.4, 0.5) is 5.69 Å². The van der Waals surface area contributed by atoms with Gasteiger partial charge >= 0.3 is 0 Å². The lowest BCUT2D eigenvalue weighted by atomic mass is 10.0. The van der Waals surface area contributed by atoms with Crippen molar-refractivity contribution >= 4 is 11.6 Å². The van der Waals surface area contributed by atoms with Gasteiger partial charge in [0.15, 0.2) is 0 Å². The van der Waals surface area contributed by atoms with Crippen molar-refractivity contribution in [2.45, 2.75) is 39.7 Å². The molecule has 0 atom stereocenters. The number of ether oxygens (including phenoxy) is 1. The lowest BCUT2D eigenvalue weighted by molar-refractivity contribution is -0.117. The number of piperazine rings is 1. The molecule has 5 heteroatoms. The Bertz CT molecular complexity index is 676. The number of rotatable bonds is 4. The van der Waals surface area contributed by atoms with E-state index in [1.165, 1.54) is 5.56 Å². The van der Waals surface area contributed by atoms with Gasteiger partial charge in [0.05, 0.1) is 17.9 Å². The molecule has 3 rings (SSSR count). The van der Waals surface area contributed by atoms with Crippen LogP contribution in [0.25, 0.3) is 0 Å². The Labute approximate surface area is 157 Å². The van der Waals surface area contributed by atoms with Crippen LogP contribution >= 0.6 is 0 Å². The average molecular weight is 357 g/mol. The van der Waals surface area contributed by atoms with E-state index >= 15 is 0 Å². The van der Waals surface area contributed by atoms with Gasteiger partial charge in [0.2, 0.25) is 0 Å². The second-order valence-electron chi connectivity index (χ2n) is 7.75. The highest BCUT2D eigenvalue weighted by Gasteiger charge is 2.29. The van der Waals surface area contributed by atoms with Gasteiger partial charge in [-0.2, -0.15) is 0 Å². The number of hydrogen-bond acceptors (Lipinski definition) is 4. The number of carbonyl (C=O) groups is 1. The lowest BCUT2D eigenvalue weighted by Gasteiger charge is -2.40. The summed E-state index contributed by atoms with van der Waals surface area (Å²) in [4.78, 5) is 19.6. The van der Waals surface area contributed by atoms with Crippen molar-refractivity contribution in [1.29, 1.82) is 0 Å². The van der Waals surface area contributed by atoms with E-state index in [-0.39, 0.29) is 5.91 Å². The first-order chi connectivity index (χ1) is 12.4. The largest absolute Gasteiger partial charge is 0.490 e. The fourth-order valence-electron chi connectivity index (χ4n) is 3.60. The van der Waals surface area contributed by atoms with E-state index in [0.29, 0.717) is 30.8 Å². The molecule has 0 bridgehead atoms. The van der Waals surface area contributed by atoms with Crippen molar-refractivity contribution in [3.05, 3.63) is 36.0 Å². The minimum absolute atomic E-state index is 0.00606. The molecule has 2 aliphatic heterocycles. The monoisotopic (exact) mass is 357 g/mol. The summed E-state index contributed by atoms with van der Waals surface area (Å²) in [6.07, 6.45) is 0. The van der Waals surface area contributed by atoms with Crippen molar-refractivity contribution in [1.82, 2.24) is 9.80 Å². The molecule has 0 spiro atoms. The number of carbonyl (C=O) groups excluding carboxylic acids is 1. The van der Waals surface area contributed by atoms with Crippen LogP contribution < -0.4 is 9.64 Å². The molecule has 0 aliphatic carbocycles. The molecule has 0 aromatic heterocycles. The summed E-state index contributed by atoms with van der Waals surface area (Å²) < 4.78 is 5.76. The van der Waals surface area contributed by atoms with E-state index in [1.54, 1.807) is 0 Å². The van der Waals surface area contributed by atoms with Crippen LogP contribution in [0.5, 0.6) is 5.75 Å². The number of amides is 1. The second-order valence-corrected chi connectivity index (χ2v) is 7.75. The topological polar surface area (TPSA) is 36.0 Å². The molecular formula is C21H31N3O2. The second kappa shape index (κ2) is 7.70. The van der Waals surface area contributed by atoms with Gasteiger partial charge in [-0.15, -0.1) is 0 Å². The van der Waals surface area contributed by atoms with E-state index in [4.69, 9.17) is 4.74 Å². The fraction of sp³-hybridized carbons (Fsp3) is 0.571. The smallest absolute Gasteiger partial charge is 0.274 e. The van der Waals surface area contributed by atoms with Crippen molar-refractivity contribution in [2.75, 3.05) is 44.2 Å². The van der Waals surface area contributed by atoms with Gasteiger partial charge in [-0.3, -0.25) is 9.69 Å². The maximum Gasteiger partial charge on any atom is 0.274 e. The Morgan fingerprint density at radius 2 is 1.77 bits per heavy atom. The zero-order valence-corrected chi connectivity index (χ0v) is 16.5. The number of anilines is 1. The molecule has 0 radical (unpaired) electrons. The Morgan fingerprint density at radius 1 is 1.08 bits per heavy atom. The summed E-state index contributed by atoms with van der Waals surface area (Å²) in [6, 6.07) is 6.69. The van der Waals surface area contributed by atoms with E-state index in [1.807, 2.05) is 11.0 Å². The van der Waals surface area contributed by atoms with E-state index in [9.17, 15) is 4.79 Å². The van der Waals surface area contributed by atoms with Gasteiger partial charge in [0.1, 0.15) is 12.4 Å². The summed E-state index contributed by atoms with van der Waals surface area (Å²) in [6.45, 7) is 17.6. The first kappa shape index (κ1) is 18.8. The molecule has 142 valence electrons. The van der Waals surface area contributed by atoms with E-state index in [2.05, 4.69) is 56.2 Å². The van der Waals surface area contributed by atoms with Gasteiger partial charge in [-0.05, 0) is 37.5 Å². The van der Waals surface area contributed by atoms with Crippen LogP contribution in [0, 0.1) is 0 Å². The minimum atomic E-state index is -0.00606. The van der Waals surface area contributed by atoms with Crippen molar-refractivity contribution in [2.24, 2.45) is 0 Å². The Morgan fingerprint density at radius 3 is 2.38 bits per heavy atom. The van der Waals surface area contributed by atoms with Gasteiger partial charge in [-0.25, -0.2) is 0 Å². The zero-order chi connectivity index (χ0) is 18.8. The molecule has 1 aromatic carbocycles. The molecule has 0 N–H and O–H groups in total. The van der Waals surface area contributed by atoms with Crippen LogP contribution in [0.3, 0.4) is 0 Å². The zero-order valence-electron chi connectivity index (χ0n) is 16.5. The SMILES string of the molecule is C=C(C(=O)N1CCOc2ccc(C(C)C)cc21)N1CCN(C(C)C)CC1. The maximum atomic E-state index is 13.2. The maximum absolute atomic E-state index is 13.2. The number of fused-ring (bicyclic) bond motifs is 1. The first-order valence-electron chi connectivity index (χ1n) is 9.65. The third kappa shape index (κ3) is 3.73. The van der Waals surface area contributed by atoms with Crippen LogP contribution in [0.15, 0.2) is 30.5 Å². The van der Waals surface area contributed by atoms with Crippen LogP contribution in [0.1, 0.15) is 39.2 Å². The quantitative estimate of drug-likeness (QED) is 0.776. The molecule has 1 aromatic rings. The molecular weight excluding hydrogens is 326 g/mol. The van der Waals surface area contributed by atoms with Gasteiger partial charge in [-0.1, -0.05) is 26.5 Å². The summed E-state index contributed by atoms with van der Waals surface area (Å²) in [5, 5.41) is 0. The van der Waals surface area contributed by atoms with E-state index in [0.717, 1.165) is 37.6 Å². The Balaban J connectivity index is 1.75. The highest BCUT2D eigenvalue weighted by Crippen LogP contribution is 2.35. The van der Waals surface area contributed by atoms with Gasteiger partial charge in [0, 0.05) is 32.2 Å². The van der Waals surface area contributed by atoms with Crippen LogP contribution in [-0.2, 0) is 4.79 Å². The summed E-state index contributed by atoms with van der Waals surface area (Å²) >= 11 is 0. The normalized spacial score (nSPS) is 18.1. The average Bonchev–Trinajstić information content (AvgIpc) is 2.65. The summed E-state index contributed by atoms with van der Waals surface area (Å²) in [7, 11) is 0. The summed E-state index contributed by atoms with van der Waals surface area (Å²) in [5.41, 5.74) is 2.67. The highest BCUT2D eigenvalue weighted by molar-refractivity contribution is 6.06. The standard InChI is InChI=1S/C21H31N3O2/c1-15(2)18-6-7-20-19(14-18)24(12-13-26-20)21(25)17(5)23-10-8-22(9-11-23)16(3)4/h6-7,14-16H,5,8-13H2,1-4H3. The van der Waals surface area contributed by atoms with Crippen LogP contribution in [0.2, 0.25) is 0 Å². The summed E-state index contributed by atoms with van der Waals surface area (Å²) in [5.74, 6) is 1.19. The Hall–Kier alpha value is -2.01. The third-order valence-corrected chi connectivity index (χ3v) is 5.43. The molecule has 26 heavy (non-hydrogen) atoms. The molecule has 1 fully saturated rings. The minimum Gasteiger partial charge on any atom is -0.490 e. The molecule has 1 saturated heterocycles. The lowest BCUT2D eigenvalue weighted by Crippen LogP contribution is -2.51. The number of hydrogen-bond donors (Lipinski definition) is 0.